The zero-order valence-electron chi connectivity index (χ0n) is 18.2. The number of hydrogen-bond donors (Lipinski definition) is 1. The van der Waals surface area contributed by atoms with Crippen LogP contribution in [0.3, 0.4) is 0 Å². The second kappa shape index (κ2) is 9.39. The first kappa shape index (κ1) is 23.6. The molecule has 1 heterocycles. The summed E-state index contributed by atoms with van der Waals surface area (Å²) < 4.78 is 41.6. The van der Waals surface area contributed by atoms with Crippen molar-refractivity contribution >= 4 is 11.6 Å². The van der Waals surface area contributed by atoms with Crippen molar-refractivity contribution in [2.45, 2.75) is 25.4 Å². The highest BCUT2D eigenvalue weighted by Crippen LogP contribution is 2.36. The third-order valence-electron chi connectivity index (χ3n) is 5.68. The number of aromatic nitrogens is 1. The standard InChI is InChI=1S/C27H21ClF3NO2/c1-17(12-18-10-11-23(28)22(13-18)27(29,30)31)24-15-25(33)26(34)16-32(24)21-9-5-8-20(14-21)19-6-3-2-4-7-19/h2-11,13-17,34H,12H2,1H3. The van der Waals surface area contributed by atoms with E-state index >= 15 is 0 Å². The summed E-state index contributed by atoms with van der Waals surface area (Å²) in [6, 6.07) is 22.5. The molecule has 0 aliphatic heterocycles. The van der Waals surface area contributed by atoms with E-state index in [9.17, 15) is 23.1 Å². The Labute approximate surface area is 199 Å². The topological polar surface area (TPSA) is 42.2 Å². The number of pyridine rings is 1. The lowest BCUT2D eigenvalue weighted by Gasteiger charge is -2.21. The second-order valence-corrected chi connectivity index (χ2v) is 8.56. The fraction of sp³-hybridized carbons (Fsp3) is 0.148. The van der Waals surface area contributed by atoms with Gasteiger partial charge in [-0.25, -0.2) is 0 Å². The third-order valence-corrected chi connectivity index (χ3v) is 6.00. The number of alkyl halides is 3. The van der Waals surface area contributed by atoms with Crippen LogP contribution in [0, 0.1) is 0 Å². The van der Waals surface area contributed by atoms with E-state index in [0.29, 0.717) is 16.9 Å². The van der Waals surface area contributed by atoms with E-state index in [1.165, 1.54) is 18.3 Å². The molecule has 3 aromatic carbocycles. The largest absolute Gasteiger partial charge is 0.503 e. The molecular weight excluding hydrogens is 463 g/mol. The van der Waals surface area contributed by atoms with Crippen LogP contribution >= 0.6 is 11.6 Å². The van der Waals surface area contributed by atoms with E-state index < -0.39 is 22.9 Å². The number of rotatable bonds is 5. The number of nitrogens with zero attached hydrogens (tertiary/aromatic N) is 1. The summed E-state index contributed by atoms with van der Waals surface area (Å²) in [5.74, 6) is -0.747. The summed E-state index contributed by atoms with van der Waals surface area (Å²) in [7, 11) is 0. The maximum Gasteiger partial charge on any atom is 0.417 e. The van der Waals surface area contributed by atoms with Crippen molar-refractivity contribution in [1.29, 1.82) is 0 Å². The SMILES string of the molecule is CC(Cc1ccc(Cl)c(C(F)(F)F)c1)c1cc(=O)c(O)cn1-c1cccc(-c2ccccc2)c1. The molecule has 1 aromatic heterocycles. The van der Waals surface area contributed by atoms with Crippen LogP contribution in [0.5, 0.6) is 5.75 Å². The van der Waals surface area contributed by atoms with Crippen molar-refractivity contribution in [3.8, 4) is 22.6 Å². The second-order valence-electron chi connectivity index (χ2n) is 8.15. The predicted molar refractivity (Wildman–Crippen MR) is 128 cm³/mol. The third kappa shape index (κ3) is 5.02. The van der Waals surface area contributed by atoms with Gasteiger partial charge in [-0.2, -0.15) is 13.2 Å². The average molecular weight is 484 g/mol. The Morgan fingerprint density at radius 2 is 1.65 bits per heavy atom. The van der Waals surface area contributed by atoms with Gasteiger partial charge < -0.3 is 9.67 Å². The van der Waals surface area contributed by atoms with Crippen LogP contribution in [-0.2, 0) is 12.6 Å². The van der Waals surface area contributed by atoms with Crippen LogP contribution in [0.15, 0.2) is 89.9 Å². The molecule has 0 saturated carbocycles. The van der Waals surface area contributed by atoms with Crippen molar-refractivity contribution in [2.24, 2.45) is 0 Å². The zero-order valence-corrected chi connectivity index (χ0v) is 18.9. The monoisotopic (exact) mass is 483 g/mol. The van der Waals surface area contributed by atoms with E-state index in [0.717, 1.165) is 17.2 Å². The summed E-state index contributed by atoms with van der Waals surface area (Å²) in [5.41, 5.74) is 2.23. The van der Waals surface area contributed by atoms with Gasteiger partial charge >= 0.3 is 6.18 Å². The van der Waals surface area contributed by atoms with Crippen LogP contribution < -0.4 is 5.43 Å². The highest BCUT2D eigenvalue weighted by Gasteiger charge is 2.33. The molecular formula is C27H21ClF3NO2. The van der Waals surface area contributed by atoms with Gasteiger partial charge in [-0.1, -0.05) is 67.1 Å². The van der Waals surface area contributed by atoms with Gasteiger partial charge in [0.05, 0.1) is 16.8 Å². The van der Waals surface area contributed by atoms with E-state index in [1.807, 2.05) is 61.5 Å². The number of benzene rings is 3. The smallest absolute Gasteiger partial charge is 0.417 e. The molecule has 1 unspecified atom stereocenters. The van der Waals surface area contributed by atoms with Gasteiger partial charge in [0.2, 0.25) is 5.43 Å². The Balaban J connectivity index is 1.75. The number of hydrogen-bond acceptors (Lipinski definition) is 2. The van der Waals surface area contributed by atoms with Crippen molar-refractivity contribution in [3.05, 3.63) is 117 Å². The van der Waals surface area contributed by atoms with Crippen LogP contribution in [-0.4, -0.2) is 9.67 Å². The molecule has 0 aliphatic carbocycles. The first-order valence-corrected chi connectivity index (χ1v) is 11.0. The van der Waals surface area contributed by atoms with E-state index in [1.54, 1.807) is 10.6 Å². The first-order chi connectivity index (χ1) is 16.1. The summed E-state index contributed by atoms with van der Waals surface area (Å²) in [6.07, 6.45) is -2.97. The number of halogens is 4. The Morgan fingerprint density at radius 1 is 0.941 bits per heavy atom. The minimum atomic E-state index is -4.56. The van der Waals surface area contributed by atoms with Crippen LogP contribution in [0.2, 0.25) is 5.02 Å². The minimum absolute atomic E-state index is 0.239. The summed E-state index contributed by atoms with van der Waals surface area (Å²) in [6.45, 7) is 1.82. The molecule has 34 heavy (non-hydrogen) atoms. The molecule has 0 aliphatic rings. The molecule has 1 N–H and O–H groups in total. The maximum atomic E-state index is 13.3. The molecule has 0 fully saturated rings. The fourth-order valence-electron chi connectivity index (χ4n) is 3.98. The van der Waals surface area contributed by atoms with Gasteiger partial charge in [0, 0.05) is 23.4 Å². The Morgan fingerprint density at radius 3 is 2.35 bits per heavy atom. The quantitative estimate of drug-likeness (QED) is 0.325. The lowest BCUT2D eigenvalue weighted by atomic mass is 9.95. The number of aromatic hydroxyl groups is 1. The first-order valence-electron chi connectivity index (χ1n) is 10.6. The zero-order chi connectivity index (χ0) is 24.5. The molecule has 174 valence electrons. The Bertz CT molecular complexity index is 1380. The predicted octanol–water partition coefficient (Wildman–Crippen LogP) is 7.23. The fourth-order valence-corrected chi connectivity index (χ4v) is 4.21. The van der Waals surface area contributed by atoms with E-state index in [-0.39, 0.29) is 17.4 Å². The highest BCUT2D eigenvalue weighted by atomic mass is 35.5. The molecule has 4 rings (SSSR count). The van der Waals surface area contributed by atoms with Crippen molar-refractivity contribution in [3.63, 3.8) is 0 Å². The molecule has 0 spiro atoms. The molecule has 7 heteroatoms. The molecule has 0 bridgehead atoms. The molecule has 0 radical (unpaired) electrons. The van der Waals surface area contributed by atoms with Crippen LogP contribution in [0.25, 0.3) is 16.8 Å². The van der Waals surface area contributed by atoms with Gasteiger partial charge in [-0.15, -0.1) is 0 Å². The summed E-state index contributed by atoms with van der Waals surface area (Å²) in [5, 5.41) is 9.77. The Kier molecular flexibility index (Phi) is 6.53. The van der Waals surface area contributed by atoms with E-state index in [2.05, 4.69) is 0 Å². The van der Waals surface area contributed by atoms with Crippen molar-refractivity contribution in [1.82, 2.24) is 4.57 Å². The molecule has 0 amide bonds. The molecule has 0 saturated heterocycles. The van der Waals surface area contributed by atoms with Crippen molar-refractivity contribution < 1.29 is 18.3 Å². The van der Waals surface area contributed by atoms with Crippen LogP contribution in [0.4, 0.5) is 13.2 Å². The van der Waals surface area contributed by atoms with E-state index in [4.69, 9.17) is 11.6 Å². The van der Waals surface area contributed by atoms with Crippen LogP contribution in [0.1, 0.15) is 29.7 Å². The van der Waals surface area contributed by atoms with Crippen molar-refractivity contribution in [2.75, 3.05) is 0 Å². The molecule has 3 nitrogen and oxygen atoms in total. The lowest BCUT2D eigenvalue weighted by Crippen LogP contribution is -2.15. The Hall–Kier alpha value is -3.51. The minimum Gasteiger partial charge on any atom is -0.503 e. The summed E-state index contributed by atoms with van der Waals surface area (Å²) >= 11 is 5.75. The van der Waals surface area contributed by atoms with Gasteiger partial charge in [0.1, 0.15) is 0 Å². The maximum absolute atomic E-state index is 13.3. The summed E-state index contributed by atoms with van der Waals surface area (Å²) in [4.78, 5) is 12.3. The van der Waals surface area contributed by atoms with Gasteiger partial charge in [0.25, 0.3) is 0 Å². The molecule has 4 aromatic rings. The highest BCUT2D eigenvalue weighted by molar-refractivity contribution is 6.31. The normalized spacial score (nSPS) is 12.5. The molecule has 1 atom stereocenters. The van der Waals surface area contributed by atoms with Gasteiger partial charge in [-0.3, -0.25) is 4.79 Å². The van der Waals surface area contributed by atoms with Gasteiger partial charge in [0.15, 0.2) is 5.75 Å². The lowest BCUT2D eigenvalue weighted by molar-refractivity contribution is -0.137. The average Bonchev–Trinajstić information content (AvgIpc) is 2.81. The van der Waals surface area contributed by atoms with Gasteiger partial charge in [-0.05, 0) is 47.4 Å².